The van der Waals surface area contributed by atoms with E-state index in [2.05, 4.69) is 15.0 Å². The minimum atomic E-state index is -1.10. The second-order valence-electron chi connectivity index (χ2n) is 13.2. The molecule has 1 aliphatic rings. The van der Waals surface area contributed by atoms with Gasteiger partial charge in [-0.05, 0) is 58.7 Å². The van der Waals surface area contributed by atoms with Crippen LogP contribution < -0.4 is 15.3 Å². The van der Waals surface area contributed by atoms with Crippen molar-refractivity contribution in [3.63, 3.8) is 0 Å². The van der Waals surface area contributed by atoms with Gasteiger partial charge in [-0.25, -0.2) is 27.9 Å². The summed E-state index contributed by atoms with van der Waals surface area (Å²) in [5, 5.41) is 20.2. The largest absolute Gasteiger partial charge is 0.504 e. The SMILES string of the molecule is CC(C)c1nccc(OCCO)c1-n1c(=O)nc(N2C[C@H](C)N(C(=O)OC(C)(C)C)C[C@@H]2C)c2cc(Cl)c(-c3c(F)ccc(F)c3O)nc21. The number of pyridine rings is 2. The van der Waals surface area contributed by atoms with Crippen molar-refractivity contribution < 1.29 is 33.3 Å². The highest BCUT2D eigenvalue weighted by Gasteiger charge is 2.37. The molecule has 1 aromatic carbocycles. The number of phenols is 1. The minimum absolute atomic E-state index is 0.0596. The standard InChI is InChI=1S/C34H39ClF2N6O6/c1-17(2)26-28(24(10-11-38-26)48-13-12-44)43-31-20(14-21(35)27(39-31)25-22(36)8-9-23(37)29(25)45)30(40-32(43)46)41-15-19(4)42(16-18(41)3)33(47)49-34(5,6)7/h8-11,14,17-19,44-45H,12-13,15-16H2,1-7H3/t18-,19-/m0/s1. The van der Waals surface area contributed by atoms with Crippen LogP contribution in [0.3, 0.4) is 0 Å². The number of piperazine rings is 1. The van der Waals surface area contributed by atoms with Gasteiger partial charge in [0.2, 0.25) is 0 Å². The summed E-state index contributed by atoms with van der Waals surface area (Å²) in [7, 11) is 0. The molecule has 15 heteroatoms. The molecule has 5 rings (SSSR count). The molecule has 1 amide bonds. The Balaban J connectivity index is 1.80. The van der Waals surface area contributed by atoms with Crippen molar-refractivity contribution in [3.8, 4) is 28.4 Å². The molecular formula is C34H39ClF2N6O6. The third-order valence-electron chi connectivity index (χ3n) is 8.04. The van der Waals surface area contributed by atoms with Gasteiger partial charge >= 0.3 is 11.8 Å². The van der Waals surface area contributed by atoms with E-state index in [0.29, 0.717) is 5.69 Å². The first kappa shape index (κ1) is 35.7. The lowest BCUT2D eigenvalue weighted by Crippen LogP contribution is -2.59. The van der Waals surface area contributed by atoms with Gasteiger partial charge in [0.25, 0.3) is 0 Å². The highest BCUT2D eigenvalue weighted by Crippen LogP contribution is 2.41. The first-order valence-electron chi connectivity index (χ1n) is 15.8. The quantitative estimate of drug-likeness (QED) is 0.243. The number of fused-ring (bicyclic) bond motifs is 1. The topological polar surface area (TPSA) is 143 Å². The Hall–Kier alpha value is -4.56. The van der Waals surface area contributed by atoms with E-state index in [0.717, 1.165) is 16.7 Å². The van der Waals surface area contributed by atoms with Crippen LogP contribution in [-0.2, 0) is 4.74 Å². The smallest absolute Gasteiger partial charge is 0.410 e. The lowest BCUT2D eigenvalue weighted by atomic mass is 10.1. The number of aliphatic hydroxyl groups is 1. The van der Waals surface area contributed by atoms with Crippen LogP contribution in [0.1, 0.15) is 60.1 Å². The molecule has 4 heterocycles. The second kappa shape index (κ2) is 13.7. The number of carbonyl (C=O) groups is 1. The summed E-state index contributed by atoms with van der Waals surface area (Å²) >= 11 is 6.73. The summed E-state index contributed by atoms with van der Waals surface area (Å²) in [4.78, 5) is 44.4. The van der Waals surface area contributed by atoms with Gasteiger partial charge in [-0.15, -0.1) is 0 Å². The predicted molar refractivity (Wildman–Crippen MR) is 181 cm³/mol. The van der Waals surface area contributed by atoms with E-state index in [1.165, 1.54) is 18.3 Å². The number of aromatic nitrogens is 4. The highest BCUT2D eigenvalue weighted by atomic mass is 35.5. The predicted octanol–water partition coefficient (Wildman–Crippen LogP) is 5.81. The van der Waals surface area contributed by atoms with E-state index in [4.69, 9.17) is 21.1 Å². The number of halogens is 3. The van der Waals surface area contributed by atoms with E-state index in [-0.39, 0.29) is 83.3 Å². The van der Waals surface area contributed by atoms with Gasteiger partial charge in [-0.2, -0.15) is 4.98 Å². The number of hydrogen-bond acceptors (Lipinski definition) is 10. The van der Waals surface area contributed by atoms with Gasteiger partial charge in [0.15, 0.2) is 17.2 Å². The number of aliphatic hydroxyl groups excluding tert-OH is 1. The fourth-order valence-corrected chi connectivity index (χ4v) is 6.08. The molecule has 1 aliphatic heterocycles. The molecule has 0 unspecified atom stereocenters. The number of nitrogens with zero attached hydrogens (tertiary/aromatic N) is 6. The maximum atomic E-state index is 15.2. The average Bonchev–Trinajstić information content (AvgIpc) is 3.02. The summed E-state index contributed by atoms with van der Waals surface area (Å²) in [5.41, 5.74) is -1.86. The normalized spacial score (nSPS) is 16.8. The van der Waals surface area contributed by atoms with Gasteiger partial charge in [0.05, 0.1) is 34.0 Å². The van der Waals surface area contributed by atoms with Crippen molar-refractivity contribution in [2.75, 3.05) is 31.2 Å². The van der Waals surface area contributed by atoms with E-state index < -0.39 is 40.3 Å². The third kappa shape index (κ3) is 6.97. The summed E-state index contributed by atoms with van der Waals surface area (Å²) in [6, 6.07) is 3.83. The number of anilines is 1. The van der Waals surface area contributed by atoms with E-state index in [1.54, 1.807) is 25.7 Å². The van der Waals surface area contributed by atoms with Crippen LogP contribution >= 0.6 is 11.6 Å². The van der Waals surface area contributed by atoms with E-state index >= 15 is 4.39 Å². The summed E-state index contributed by atoms with van der Waals surface area (Å²) in [6.07, 6.45) is 1.03. The number of ether oxygens (including phenoxy) is 2. The first-order valence-corrected chi connectivity index (χ1v) is 16.2. The van der Waals surface area contributed by atoms with Crippen LogP contribution in [0.2, 0.25) is 5.02 Å². The van der Waals surface area contributed by atoms with Gasteiger partial charge < -0.3 is 29.5 Å². The van der Waals surface area contributed by atoms with E-state index in [1.807, 2.05) is 32.6 Å². The fourth-order valence-electron chi connectivity index (χ4n) is 5.84. The zero-order chi connectivity index (χ0) is 35.9. The molecule has 0 radical (unpaired) electrons. The van der Waals surface area contributed by atoms with Crippen LogP contribution in [0.15, 0.2) is 35.3 Å². The Kier molecular flexibility index (Phi) is 10.0. The van der Waals surface area contributed by atoms with Crippen molar-refractivity contribution in [3.05, 3.63) is 63.3 Å². The van der Waals surface area contributed by atoms with Crippen LogP contribution in [0.4, 0.5) is 19.4 Å². The molecule has 4 aromatic rings. The Morgan fingerprint density at radius 3 is 2.45 bits per heavy atom. The maximum absolute atomic E-state index is 15.2. The maximum Gasteiger partial charge on any atom is 0.410 e. The monoisotopic (exact) mass is 700 g/mol. The molecule has 49 heavy (non-hydrogen) atoms. The number of amides is 1. The van der Waals surface area contributed by atoms with Crippen LogP contribution in [-0.4, -0.2) is 84.7 Å². The zero-order valence-electron chi connectivity index (χ0n) is 28.3. The van der Waals surface area contributed by atoms with Crippen molar-refractivity contribution in [2.45, 2.75) is 72.1 Å². The molecule has 2 N–H and O–H groups in total. The molecule has 3 aromatic heterocycles. The number of phenolic OH excluding ortho intramolecular Hbond substituents is 1. The van der Waals surface area contributed by atoms with Crippen LogP contribution in [0, 0.1) is 11.6 Å². The molecule has 0 spiro atoms. The molecule has 12 nitrogen and oxygen atoms in total. The molecular weight excluding hydrogens is 662 g/mol. The van der Waals surface area contributed by atoms with Crippen molar-refractivity contribution >= 4 is 34.5 Å². The second-order valence-corrected chi connectivity index (χ2v) is 13.7. The molecule has 0 bridgehead atoms. The Labute approximate surface area is 286 Å². The molecule has 0 aliphatic carbocycles. The molecule has 262 valence electrons. The highest BCUT2D eigenvalue weighted by molar-refractivity contribution is 6.34. The third-order valence-corrected chi connectivity index (χ3v) is 8.33. The summed E-state index contributed by atoms with van der Waals surface area (Å²) < 4.78 is 42.4. The number of carbonyl (C=O) groups excluding carboxylic acids is 1. The van der Waals surface area contributed by atoms with Crippen molar-refractivity contribution in [2.24, 2.45) is 0 Å². The zero-order valence-corrected chi connectivity index (χ0v) is 29.0. The van der Waals surface area contributed by atoms with Gasteiger partial charge in [-0.3, -0.25) is 4.98 Å². The summed E-state index contributed by atoms with van der Waals surface area (Å²) in [5.74, 6) is -2.95. The van der Waals surface area contributed by atoms with Crippen molar-refractivity contribution in [1.82, 2.24) is 24.4 Å². The Morgan fingerprint density at radius 1 is 1.10 bits per heavy atom. The number of aromatic hydroxyl groups is 1. The fraction of sp³-hybridized carbons (Fsp3) is 0.441. The number of hydrogen-bond donors (Lipinski definition) is 2. The van der Waals surface area contributed by atoms with Crippen LogP contribution in [0.5, 0.6) is 11.5 Å². The van der Waals surface area contributed by atoms with Gasteiger partial charge in [0.1, 0.15) is 35.3 Å². The lowest BCUT2D eigenvalue weighted by molar-refractivity contribution is 0.0130. The lowest BCUT2D eigenvalue weighted by Gasteiger charge is -2.44. The molecule has 1 saturated heterocycles. The Bertz CT molecular complexity index is 1970. The summed E-state index contributed by atoms with van der Waals surface area (Å²) in [6.45, 7) is 12.9. The van der Waals surface area contributed by atoms with E-state index in [9.17, 15) is 24.2 Å². The molecule has 2 atom stereocenters. The number of rotatable bonds is 7. The van der Waals surface area contributed by atoms with Crippen molar-refractivity contribution in [1.29, 1.82) is 0 Å². The molecule has 1 fully saturated rings. The molecule has 0 saturated carbocycles. The first-order chi connectivity index (χ1) is 23.0. The average molecular weight is 701 g/mol. The van der Waals surface area contributed by atoms with Crippen LogP contribution in [0.25, 0.3) is 28.0 Å². The number of benzene rings is 1. The van der Waals surface area contributed by atoms with Gasteiger partial charge in [-0.1, -0.05) is 25.4 Å². The minimum Gasteiger partial charge on any atom is -0.504 e. The Morgan fingerprint density at radius 2 is 1.80 bits per heavy atom. The van der Waals surface area contributed by atoms with Gasteiger partial charge in [0, 0.05) is 37.4 Å².